The Morgan fingerprint density at radius 1 is 1.41 bits per heavy atom. The predicted octanol–water partition coefficient (Wildman–Crippen LogP) is -1.40. The normalized spacial score (nSPS) is 20.7. The van der Waals surface area contributed by atoms with Crippen molar-refractivity contribution in [2.24, 2.45) is 0 Å². The number of carbonyl (C=O) groups excluding carboxylic acids is 1. The first-order chi connectivity index (χ1) is 7.83. The van der Waals surface area contributed by atoms with E-state index in [1.807, 2.05) is 0 Å². The van der Waals surface area contributed by atoms with Crippen LogP contribution in [-0.4, -0.2) is 68.1 Å². The zero-order chi connectivity index (χ0) is 13.1. The van der Waals surface area contributed by atoms with Gasteiger partial charge in [0, 0.05) is 35.4 Å². The monoisotopic (exact) mass is 264 g/mol. The highest BCUT2D eigenvalue weighted by molar-refractivity contribution is 7.85. The van der Waals surface area contributed by atoms with Crippen molar-refractivity contribution in [2.75, 3.05) is 31.1 Å². The number of carbonyl (C=O) groups is 2. The maximum absolute atomic E-state index is 11.6. The van der Waals surface area contributed by atoms with E-state index < -0.39 is 28.4 Å². The van der Waals surface area contributed by atoms with E-state index in [1.165, 1.54) is 4.90 Å². The summed E-state index contributed by atoms with van der Waals surface area (Å²) in [7, 11) is -0.871. The molecule has 0 aromatic heterocycles. The van der Waals surface area contributed by atoms with Gasteiger partial charge in [0.25, 0.3) is 0 Å². The predicted molar refractivity (Wildman–Crippen MR) is 61.1 cm³/mol. The summed E-state index contributed by atoms with van der Waals surface area (Å²) in [5, 5.41) is 20.4. The maximum atomic E-state index is 11.6. The lowest BCUT2D eigenvalue weighted by Crippen LogP contribution is -2.52. The Balaban J connectivity index is 2.40. The quantitative estimate of drug-likeness (QED) is 0.581. The third-order valence-corrected chi connectivity index (χ3v) is 3.79. The second-order valence-corrected chi connectivity index (χ2v) is 5.77. The van der Waals surface area contributed by atoms with E-state index in [0.717, 1.165) is 6.92 Å². The molecule has 17 heavy (non-hydrogen) atoms. The van der Waals surface area contributed by atoms with E-state index in [2.05, 4.69) is 5.32 Å². The molecule has 1 atom stereocenters. The molecule has 1 aliphatic rings. The van der Waals surface area contributed by atoms with Gasteiger partial charge in [0.05, 0.1) is 6.54 Å². The minimum atomic E-state index is -1.98. The fourth-order valence-electron chi connectivity index (χ4n) is 1.28. The molecule has 7 nitrogen and oxygen atoms in total. The Kier molecular flexibility index (Phi) is 4.47. The molecule has 8 heteroatoms. The third kappa shape index (κ3) is 3.97. The molecule has 0 aromatic carbocycles. The van der Waals surface area contributed by atoms with E-state index >= 15 is 0 Å². The van der Waals surface area contributed by atoms with Gasteiger partial charge in [0.15, 0.2) is 5.60 Å². The Morgan fingerprint density at radius 3 is 2.41 bits per heavy atom. The standard InChI is InChI=1S/C9H16N2O5S/c1-9(15,7(12)13)6-10-8(14)11-2-4-17(16)5-3-11/h15H,2-6H2,1H3,(H,10,14)(H,12,13). The van der Waals surface area contributed by atoms with Crippen molar-refractivity contribution in [3.8, 4) is 0 Å². The molecular formula is C9H16N2O5S. The Hall–Kier alpha value is -1.15. The van der Waals surface area contributed by atoms with Gasteiger partial charge in [-0.15, -0.1) is 0 Å². The molecule has 98 valence electrons. The summed E-state index contributed by atoms with van der Waals surface area (Å²) < 4.78 is 11.1. The van der Waals surface area contributed by atoms with Crippen LogP contribution in [0.2, 0.25) is 0 Å². The molecule has 0 saturated carbocycles. The number of urea groups is 1. The van der Waals surface area contributed by atoms with Crippen molar-refractivity contribution >= 4 is 22.8 Å². The number of aliphatic hydroxyl groups is 1. The first-order valence-corrected chi connectivity index (χ1v) is 6.65. The molecule has 1 saturated heterocycles. The Labute approximate surface area is 101 Å². The van der Waals surface area contributed by atoms with Gasteiger partial charge in [0.1, 0.15) is 0 Å². The van der Waals surface area contributed by atoms with Crippen LogP contribution in [0.25, 0.3) is 0 Å². The third-order valence-electron chi connectivity index (χ3n) is 2.51. The number of aliphatic carboxylic acids is 1. The first-order valence-electron chi connectivity index (χ1n) is 5.16. The van der Waals surface area contributed by atoms with Crippen LogP contribution in [0.4, 0.5) is 4.79 Å². The van der Waals surface area contributed by atoms with Crippen molar-refractivity contribution in [2.45, 2.75) is 12.5 Å². The topological polar surface area (TPSA) is 107 Å². The Bertz CT molecular complexity index is 334. The highest BCUT2D eigenvalue weighted by Gasteiger charge is 2.31. The van der Waals surface area contributed by atoms with Crippen LogP contribution < -0.4 is 5.32 Å². The number of nitrogens with one attached hydrogen (secondary N) is 1. The molecule has 1 heterocycles. The SMILES string of the molecule is CC(O)(CNC(=O)N1CCS(=O)CC1)C(=O)O. The van der Waals surface area contributed by atoms with Crippen LogP contribution in [0.5, 0.6) is 0 Å². The number of carboxylic acid groups (broad SMARTS) is 1. The Morgan fingerprint density at radius 2 is 1.94 bits per heavy atom. The number of hydrogen-bond donors (Lipinski definition) is 3. The molecular weight excluding hydrogens is 248 g/mol. The first kappa shape index (κ1) is 13.9. The minimum Gasteiger partial charge on any atom is -0.479 e. The lowest BCUT2D eigenvalue weighted by Gasteiger charge is -2.28. The minimum absolute atomic E-state index is 0.360. The average Bonchev–Trinajstić information content (AvgIpc) is 2.27. The van der Waals surface area contributed by atoms with Gasteiger partial charge in [-0.3, -0.25) is 4.21 Å². The molecule has 0 aromatic rings. The average molecular weight is 264 g/mol. The molecule has 1 unspecified atom stereocenters. The van der Waals surface area contributed by atoms with Gasteiger partial charge in [0.2, 0.25) is 0 Å². The molecule has 2 amide bonds. The van der Waals surface area contributed by atoms with Crippen LogP contribution in [0, 0.1) is 0 Å². The number of hydrogen-bond acceptors (Lipinski definition) is 4. The summed E-state index contributed by atoms with van der Waals surface area (Å²) in [4.78, 5) is 23.6. The van der Waals surface area contributed by atoms with Crippen LogP contribution in [0.15, 0.2) is 0 Å². The summed E-state index contributed by atoms with van der Waals surface area (Å²) in [6, 6.07) is -0.441. The van der Waals surface area contributed by atoms with Crippen molar-refractivity contribution in [3.63, 3.8) is 0 Å². The highest BCUT2D eigenvalue weighted by atomic mass is 32.2. The number of rotatable bonds is 3. The summed E-state index contributed by atoms with van der Waals surface area (Å²) in [5.74, 6) is -0.525. The van der Waals surface area contributed by atoms with Gasteiger partial charge in [-0.2, -0.15) is 0 Å². The van der Waals surface area contributed by atoms with Crippen LogP contribution in [-0.2, 0) is 15.6 Å². The van der Waals surface area contributed by atoms with Crippen LogP contribution in [0.1, 0.15) is 6.92 Å². The van der Waals surface area contributed by atoms with Gasteiger partial charge >= 0.3 is 12.0 Å². The van der Waals surface area contributed by atoms with Crippen LogP contribution >= 0.6 is 0 Å². The second kappa shape index (κ2) is 5.46. The number of carboxylic acids is 1. The lowest BCUT2D eigenvalue weighted by molar-refractivity contribution is -0.155. The summed E-state index contributed by atoms with van der Waals surface area (Å²) in [5.41, 5.74) is -1.98. The van der Waals surface area contributed by atoms with Crippen LogP contribution in [0.3, 0.4) is 0 Å². The fraction of sp³-hybridized carbons (Fsp3) is 0.778. The van der Waals surface area contributed by atoms with Crippen molar-refractivity contribution in [1.29, 1.82) is 0 Å². The summed E-state index contributed by atoms with van der Waals surface area (Å²) >= 11 is 0. The number of amides is 2. The maximum Gasteiger partial charge on any atom is 0.337 e. The van der Waals surface area contributed by atoms with Crippen molar-refractivity contribution in [1.82, 2.24) is 10.2 Å². The summed E-state index contributed by atoms with van der Waals surface area (Å²) in [6.45, 7) is 1.52. The zero-order valence-electron chi connectivity index (χ0n) is 9.51. The van der Waals surface area contributed by atoms with E-state index in [1.54, 1.807) is 0 Å². The lowest BCUT2D eigenvalue weighted by atomic mass is 10.1. The van der Waals surface area contributed by atoms with Gasteiger partial charge in [-0.1, -0.05) is 0 Å². The molecule has 1 rings (SSSR count). The second-order valence-electron chi connectivity index (χ2n) is 4.07. The van der Waals surface area contributed by atoms with Crippen molar-refractivity contribution < 1.29 is 24.0 Å². The molecule has 0 aliphatic carbocycles. The van der Waals surface area contributed by atoms with Crippen molar-refractivity contribution in [3.05, 3.63) is 0 Å². The van der Waals surface area contributed by atoms with Gasteiger partial charge < -0.3 is 20.4 Å². The fourth-order valence-corrected chi connectivity index (χ4v) is 2.33. The van der Waals surface area contributed by atoms with E-state index in [9.17, 15) is 18.9 Å². The van der Waals surface area contributed by atoms with E-state index in [4.69, 9.17) is 5.11 Å². The highest BCUT2D eigenvalue weighted by Crippen LogP contribution is 2.03. The van der Waals surface area contributed by atoms with Gasteiger partial charge in [-0.05, 0) is 6.92 Å². The summed E-state index contributed by atoms with van der Waals surface area (Å²) in [6.07, 6.45) is 0. The molecule has 1 aliphatic heterocycles. The number of nitrogens with zero attached hydrogens (tertiary/aromatic N) is 1. The van der Waals surface area contributed by atoms with E-state index in [0.29, 0.717) is 24.6 Å². The van der Waals surface area contributed by atoms with E-state index in [-0.39, 0.29) is 6.54 Å². The van der Waals surface area contributed by atoms with Gasteiger partial charge in [-0.25, -0.2) is 9.59 Å². The molecule has 0 radical (unpaired) electrons. The smallest absolute Gasteiger partial charge is 0.337 e. The largest absolute Gasteiger partial charge is 0.479 e. The molecule has 0 bridgehead atoms. The molecule has 1 fully saturated rings. The zero-order valence-corrected chi connectivity index (χ0v) is 10.3. The molecule has 3 N–H and O–H groups in total. The molecule has 0 spiro atoms.